The number of phenolic OH excluding ortho intramolecular Hbond substituents is 2. The van der Waals surface area contributed by atoms with Crippen molar-refractivity contribution in [3.8, 4) is 11.5 Å². The van der Waals surface area contributed by atoms with Gasteiger partial charge in [0.05, 0.1) is 12.6 Å². The van der Waals surface area contributed by atoms with Crippen molar-refractivity contribution in [1.82, 2.24) is 42.5 Å². The SMILES string of the molecule is CC[C@H](C)[C@H](NC(=O)[C@@H](N)CCC(=O)O)C(=O)N[C@@H](C)C(=O)N[C@@H](CCC(=O)O)C(=O)N[C@@H](C)C(=O)N[C@@H](Cc1ccc(O)cc1)C(=O)N[C@@H](CC(C)C)C(=O)NCC(=O)N[C@@H](Cc1ccc(O)cc1)C(=O)O. The van der Waals surface area contributed by atoms with Gasteiger partial charge in [-0.1, -0.05) is 58.4 Å². The molecule has 2 aromatic carbocycles. The minimum atomic E-state index is -1.58. The van der Waals surface area contributed by atoms with Crippen LogP contribution in [0.25, 0.3) is 0 Å². The van der Waals surface area contributed by atoms with Gasteiger partial charge in [-0.25, -0.2) is 4.79 Å². The topological polar surface area (TPSA) is 411 Å². The fourth-order valence-electron chi connectivity index (χ4n) is 6.91. The molecule has 0 unspecified atom stereocenters. The van der Waals surface area contributed by atoms with Gasteiger partial charge in [0, 0.05) is 25.7 Å². The summed E-state index contributed by atoms with van der Waals surface area (Å²) in [6.45, 7) is 8.69. The van der Waals surface area contributed by atoms with Gasteiger partial charge in [-0.3, -0.25) is 47.9 Å². The van der Waals surface area contributed by atoms with Crippen LogP contribution in [-0.4, -0.2) is 146 Å². The first-order chi connectivity index (χ1) is 34.2. The highest BCUT2D eigenvalue weighted by Crippen LogP contribution is 2.15. The molecule has 2 rings (SSSR count). The Bertz CT molecular complexity index is 2260. The number of phenols is 2. The smallest absolute Gasteiger partial charge is 0.326 e. The molecule has 0 aliphatic rings. The van der Waals surface area contributed by atoms with E-state index in [0.29, 0.717) is 17.5 Å². The van der Waals surface area contributed by atoms with E-state index in [1.165, 1.54) is 62.4 Å². The normalized spacial score (nSPS) is 14.7. The lowest BCUT2D eigenvalue weighted by Crippen LogP contribution is -2.60. The van der Waals surface area contributed by atoms with Crippen molar-refractivity contribution in [1.29, 1.82) is 0 Å². The van der Waals surface area contributed by atoms with Gasteiger partial charge in [0.25, 0.3) is 0 Å². The minimum Gasteiger partial charge on any atom is -0.508 e. The van der Waals surface area contributed by atoms with E-state index in [1.807, 2.05) is 0 Å². The molecular weight excluding hydrogens is 959 g/mol. The van der Waals surface area contributed by atoms with E-state index in [1.54, 1.807) is 27.7 Å². The van der Waals surface area contributed by atoms with Gasteiger partial charge in [-0.15, -0.1) is 0 Å². The Hall–Kier alpha value is -7.83. The Kier molecular flexibility index (Phi) is 25.3. The molecule has 9 atom stereocenters. The number of carboxylic acid groups (broad SMARTS) is 3. The molecule has 0 aliphatic carbocycles. The van der Waals surface area contributed by atoms with Crippen molar-refractivity contribution >= 4 is 65.2 Å². The first-order valence-electron chi connectivity index (χ1n) is 23.6. The molecule has 0 saturated carbocycles. The molecule has 25 heteroatoms. The predicted molar refractivity (Wildman–Crippen MR) is 260 cm³/mol. The van der Waals surface area contributed by atoms with E-state index >= 15 is 0 Å². The lowest BCUT2D eigenvalue weighted by Gasteiger charge is -2.27. The Morgan fingerprint density at radius 2 is 0.959 bits per heavy atom. The summed E-state index contributed by atoms with van der Waals surface area (Å²) in [5.41, 5.74) is 6.75. The average Bonchev–Trinajstić information content (AvgIpc) is 3.32. The van der Waals surface area contributed by atoms with Crippen molar-refractivity contribution in [2.45, 2.75) is 141 Å². The maximum Gasteiger partial charge on any atom is 0.326 e. The van der Waals surface area contributed by atoms with E-state index < -0.39 is 145 Å². The summed E-state index contributed by atoms with van der Waals surface area (Å²) >= 11 is 0. The second-order valence-electron chi connectivity index (χ2n) is 18.0. The van der Waals surface area contributed by atoms with Gasteiger partial charge in [0.1, 0.15) is 53.8 Å². The average molecular weight is 1030 g/mol. The van der Waals surface area contributed by atoms with Gasteiger partial charge >= 0.3 is 17.9 Å². The highest BCUT2D eigenvalue weighted by atomic mass is 16.4. The Balaban J connectivity index is 2.23. The summed E-state index contributed by atoms with van der Waals surface area (Å²) in [6.07, 6.45) is -1.64. The number of amides is 8. The third-order valence-electron chi connectivity index (χ3n) is 11.4. The molecular formula is C48H69N9O16. The maximum absolute atomic E-state index is 14.0. The molecule has 2 aromatic rings. The molecule has 0 radical (unpaired) electrons. The van der Waals surface area contributed by atoms with Crippen molar-refractivity contribution in [3.05, 3.63) is 59.7 Å². The summed E-state index contributed by atoms with van der Waals surface area (Å²) in [6, 6.07) is 0.262. The van der Waals surface area contributed by atoms with E-state index in [9.17, 15) is 73.2 Å². The van der Waals surface area contributed by atoms with Crippen LogP contribution in [0.15, 0.2) is 48.5 Å². The van der Waals surface area contributed by atoms with E-state index in [-0.39, 0.29) is 43.1 Å². The Morgan fingerprint density at radius 1 is 0.507 bits per heavy atom. The number of nitrogens with one attached hydrogen (secondary N) is 8. The molecule has 0 aliphatic heterocycles. The summed E-state index contributed by atoms with van der Waals surface area (Å²) in [7, 11) is 0. The quantitative estimate of drug-likeness (QED) is 0.0416. The molecule has 0 saturated heterocycles. The van der Waals surface area contributed by atoms with Crippen molar-refractivity contribution in [2.24, 2.45) is 17.6 Å². The van der Waals surface area contributed by atoms with Crippen LogP contribution in [0, 0.1) is 11.8 Å². The summed E-state index contributed by atoms with van der Waals surface area (Å²) in [4.78, 5) is 142. The zero-order chi connectivity index (χ0) is 55.1. The molecule has 402 valence electrons. The Morgan fingerprint density at radius 3 is 1.44 bits per heavy atom. The van der Waals surface area contributed by atoms with Gasteiger partial charge in [0.15, 0.2) is 0 Å². The zero-order valence-corrected chi connectivity index (χ0v) is 41.6. The van der Waals surface area contributed by atoms with Gasteiger partial charge < -0.3 is 73.8 Å². The first-order valence-corrected chi connectivity index (χ1v) is 23.6. The minimum absolute atomic E-state index is 0.0375. The van der Waals surface area contributed by atoms with E-state index in [0.717, 1.165) is 0 Å². The molecule has 0 heterocycles. The molecule has 8 amide bonds. The largest absolute Gasteiger partial charge is 0.508 e. The number of carbonyl (C=O) groups is 11. The summed E-state index contributed by atoms with van der Waals surface area (Å²) in [5.74, 6) is -11.8. The third kappa shape index (κ3) is 22.4. The number of rotatable bonds is 31. The second kappa shape index (κ2) is 30.1. The lowest BCUT2D eigenvalue weighted by atomic mass is 9.97. The number of carbonyl (C=O) groups excluding carboxylic acids is 8. The van der Waals surface area contributed by atoms with Crippen LogP contribution < -0.4 is 48.3 Å². The molecule has 0 spiro atoms. The fourth-order valence-corrected chi connectivity index (χ4v) is 6.91. The maximum atomic E-state index is 14.0. The zero-order valence-electron chi connectivity index (χ0n) is 41.6. The predicted octanol–water partition coefficient (Wildman–Crippen LogP) is -1.33. The summed E-state index contributed by atoms with van der Waals surface area (Å²) in [5, 5.41) is 67.0. The van der Waals surface area contributed by atoms with Crippen LogP contribution in [0.1, 0.15) is 91.2 Å². The number of carboxylic acids is 3. The summed E-state index contributed by atoms with van der Waals surface area (Å²) < 4.78 is 0. The lowest BCUT2D eigenvalue weighted by molar-refractivity contribution is -0.142. The van der Waals surface area contributed by atoms with Gasteiger partial charge in [-0.05, 0) is 80.3 Å². The fraction of sp³-hybridized carbons (Fsp3) is 0.521. The van der Waals surface area contributed by atoms with Crippen molar-refractivity contribution in [3.63, 3.8) is 0 Å². The number of aromatic hydroxyl groups is 2. The monoisotopic (exact) mass is 1030 g/mol. The molecule has 25 nitrogen and oxygen atoms in total. The highest BCUT2D eigenvalue weighted by Gasteiger charge is 2.34. The van der Waals surface area contributed by atoms with Crippen molar-refractivity contribution in [2.75, 3.05) is 6.54 Å². The molecule has 0 fully saturated rings. The third-order valence-corrected chi connectivity index (χ3v) is 11.4. The van der Waals surface area contributed by atoms with Crippen LogP contribution in [-0.2, 0) is 65.6 Å². The number of hydrogen-bond acceptors (Lipinski definition) is 14. The van der Waals surface area contributed by atoms with Crippen LogP contribution in [0.4, 0.5) is 0 Å². The number of nitrogens with two attached hydrogens (primary N) is 1. The number of aliphatic carboxylic acids is 3. The van der Waals surface area contributed by atoms with Crippen molar-refractivity contribution < 1.29 is 78.3 Å². The Labute approximate surface area is 421 Å². The number of hydrogen-bond donors (Lipinski definition) is 14. The molecule has 73 heavy (non-hydrogen) atoms. The molecule has 0 aromatic heterocycles. The van der Waals surface area contributed by atoms with Gasteiger partial charge in [0.2, 0.25) is 47.3 Å². The van der Waals surface area contributed by atoms with Crippen LogP contribution >= 0.6 is 0 Å². The molecule has 15 N–H and O–H groups in total. The molecule has 0 bridgehead atoms. The van der Waals surface area contributed by atoms with Crippen LogP contribution in [0.5, 0.6) is 11.5 Å². The highest BCUT2D eigenvalue weighted by molar-refractivity contribution is 5.98. The van der Waals surface area contributed by atoms with Crippen LogP contribution in [0.2, 0.25) is 0 Å². The van der Waals surface area contributed by atoms with E-state index in [2.05, 4.69) is 42.5 Å². The van der Waals surface area contributed by atoms with Gasteiger partial charge in [-0.2, -0.15) is 0 Å². The number of benzene rings is 2. The first kappa shape index (κ1) is 61.3. The van der Waals surface area contributed by atoms with Crippen LogP contribution in [0.3, 0.4) is 0 Å². The standard InChI is InChI=1S/C48H69N9O16/c1-7-25(4)40(57-43(67)32(49)16-18-38(61)62)47(71)52-27(6)41(65)54-33(17-19-39(63)64)45(69)51-26(5)42(66)55-35(21-28-8-12-30(58)13-9-28)46(70)56-34(20-24(2)3)44(68)50-23-37(60)53-36(48(72)73)22-29-10-14-31(59)15-11-29/h8-15,24-27,32-36,40,58-59H,7,16-23,49H2,1-6H3,(H,50,68)(H,51,69)(H,52,71)(H,53,60)(H,54,65)(H,55,66)(H,56,70)(H,57,67)(H,61,62)(H,63,64)(H,72,73)/t25-,26-,27-,32-,33-,34-,35-,36-,40-/m0/s1. The van der Waals surface area contributed by atoms with E-state index in [4.69, 9.17) is 10.8 Å². The second-order valence-corrected chi connectivity index (χ2v) is 18.0.